The van der Waals surface area contributed by atoms with E-state index in [0.29, 0.717) is 39.0 Å². The van der Waals surface area contributed by atoms with Crippen LogP contribution in [-0.2, 0) is 14.4 Å². The van der Waals surface area contributed by atoms with Crippen LogP contribution in [0.15, 0.2) is 66.8 Å². The van der Waals surface area contributed by atoms with Crippen LogP contribution in [0.3, 0.4) is 0 Å². The summed E-state index contributed by atoms with van der Waals surface area (Å²) in [5.74, 6) is -1.34. The van der Waals surface area contributed by atoms with Gasteiger partial charge in [-0.3, -0.25) is 14.4 Å². The summed E-state index contributed by atoms with van der Waals surface area (Å²) in [5.41, 5.74) is 0.806. The molecule has 7 nitrogen and oxygen atoms in total. The lowest BCUT2D eigenvalue weighted by molar-refractivity contribution is -0.143. The van der Waals surface area contributed by atoms with Gasteiger partial charge in [0.1, 0.15) is 6.04 Å². The number of thioether (sulfide) groups is 1. The number of nitrogens with zero attached hydrogens (tertiary/aromatic N) is 3. The van der Waals surface area contributed by atoms with Gasteiger partial charge in [-0.15, -0.1) is 11.8 Å². The van der Waals surface area contributed by atoms with Crippen molar-refractivity contribution >= 4 is 45.9 Å². The number of carbonyl (C=O) groups excluding carboxylic acids is 3. The van der Waals surface area contributed by atoms with E-state index in [-0.39, 0.29) is 24.3 Å². The first kappa shape index (κ1) is 28.0. The maximum Gasteiger partial charge on any atom is 0.251 e. The third kappa shape index (κ3) is 4.50. The fourth-order valence-electron chi connectivity index (χ4n) is 7.43. The van der Waals surface area contributed by atoms with Gasteiger partial charge in [0, 0.05) is 43.2 Å². The molecule has 2 saturated heterocycles. The Bertz CT molecular complexity index is 1420. The smallest absolute Gasteiger partial charge is 0.251 e. The van der Waals surface area contributed by atoms with Crippen molar-refractivity contribution in [2.75, 3.05) is 37.7 Å². The topological polar surface area (TPSA) is 81.2 Å². The average Bonchev–Trinajstić information content (AvgIpc) is 3.23. The number of fused-ring (bicyclic) bond motifs is 3. The number of aliphatic hydroxyl groups excluding tert-OH is 1. The molecule has 1 unspecified atom stereocenters. The zero-order chi connectivity index (χ0) is 28.8. The third-order valence-corrected chi connectivity index (χ3v) is 11.0. The second kappa shape index (κ2) is 11.0. The summed E-state index contributed by atoms with van der Waals surface area (Å²) in [6, 6.07) is 13.4. The van der Waals surface area contributed by atoms with E-state index < -0.39 is 27.4 Å². The highest BCUT2D eigenvalue weighted by molar-refractivity contribution is 8.02. The number of unbranched alkanes of at least 4 members (excludes halogenated alkanes) is 2. The van der Waals surface area contributed by atoms with E-state index in [2.05, 4.69) is 38.1 Å². The first-order valence-corrected chi connectivity index (χ1v) is 15.7. The molecule has 0 aliphatic carbocycles. The summed E-state index contributed by atoms with van der Waals surface area (Å²) in [7, 11) is 0. The van der Waals surface area contributed by atoms with Crippen LogP contribution in [0.2, 0.25) is 0 Å². The van der Waals surface area contributed by atoms with E-state index in [1.54, 1.807) is 21.6 Å². The molecule has 0 radical (unpaired) electrons. The van der Waals surface area contributed by atoms with Crippen LogP contribution in [0, 0.1) is 11.8 Å². The molecule has 216 valence electrons. The Morgan fingerprint density at radius 1 is 0.878 bits per heavy atom. The SMILES string of the molecule is CCCN1CC=C[C@]2(C)S[C@]34C=CCN(c5ccc6ccccc6c5)C(=O)C3N(CCCCCO)C(=O)[C@@H]4[C@@H]2C1=O. The number of benzene rings is 2. The summed E-state index contributed by atoms with van der Waals surface area (Å²) in [6.45, 7) is 6.26. The molecule has 3 amide bonds. The van der Waals surface area contributed by atoms with E-state index in [1.165, 1.54) is 0 Å². The molecule has 2 fully saturated rings. The minimum absolute atomic E-state index is 0.0134. The Morgan fingerprint density at radius 2 is 1.66 bits per heavy atom. The Kier molecular flexibility index (Phi) is 7.49. The van der Waals surface area contributed by atoms with E-state index in [1.807, 2.05) is 47.4 Å². The molecule has 4 aliphatic heterocycles. The lowest BCUT2D eigenvalue weighted by atomic mass is 9.74. The molecule has 6 rings (SSSR count). The van der Waals surface area contributed by atoms with Crippen molar-refractivity contribution < 1.29 is 19.5 Å². The number of hydrogen-bond donors (Lipinski definition) is 1. The fourth-order valence-corrected chi connectivity index (χ4v) is 9.59. The predicted molar refractivity (Wildman–Crippen MR) is 164 cm³/mol. The van der Waals surface area contributed by atoms with Crippen LogP contribution in [0.25, 0.3) is 10.8 Å². The van der Waals surface area contributed by atoms with Crippen molar-refractivity contribution in [3.63, 3.8) is 0 Å². The van der Waals surface area contributed by atoms with Gasteiger partial charge in [-0.05, 0) is 55.5 Å². The summed E-state index contributed by atoms with van der Waals surface area (Å²) in [5, 5.41) is 11.5. The standard InChI is InChI=1S/C33H39N3O4S/c1-3-17-34-18-9-15-32(2)26(29(34)38)27-30(39)36(19-7-4-8-21-37)28-31(40)35(20-10-16-33(27,28)41-32)25-14-13-23-11-5-6-12-24(23)22-25/h5-6,9-16,22,26-28,37H,3-4,7-8,17-21H2,1-2H3/t26-,27+,28?,32+,33+/m1/s1. The molecule has 1 N–H and O–H groups in total. The van der Waals surface area contributed by atoms with Crippen LogP contribution in [-0.4, -0.2) is 80.9 Å². The molecule has 0 bridgehead atoms. The van der Waals surface area contributed by atoms with Gasteiger partial charge in [0.25, 0.3) is 5.91 Å². The van der Waals surface area contributed by atoms with Crippen LogP contribution >= 0.6 is 11.8 Å². The molecular weight excluding hydrogens is 534 g/mol. The first-order chi connectivity index (χ1) is 19.8. The van der Waals surface area contributed by atoms with Crippen molar-refractivity contribution in [3.05, 3.63) is 66.8 Å². The molecule has 2 aromatic rings. The van der Waals surface area contributed by atoms with Gasteiger partial charge in [0.2, 0.25) is 11.8 Å². The average molecular weight is 574 g/mol. The van der Waals surface area contributed by atoms with Crippen molar-refractivity contribution in [2.24, 2.45) is 11.8 Å². The number of aliphatic hydroxyl groups is 1. The van der Waals surface area contributed by atoms with Crippen molar-refractivity contribution in [1.29, 1.82) is 0 Å². The lowest BCUT2D eigenvalue weighted by Crippen LogP contribution is -2.53. The van der Waals surface area contributed by atoms with E-state index >= 15 is 0 Å². The summed E-state index contributed by atoms with van der Waals surface area (Å²) in [6.07, 6.45) is 11.3. The monoisotopic (exact) mass is 573 g/mol. The van der Waals surface area contributed by atoms with Gasteiger partial charge in [-0.2, -0.15) is 0 Å². The largest absolute Gasteiger partial charge is 0.396 e. The Morgan fingerprint density at radius 3 is 2.44 bits per heavy atom. The zero-order valence-electron chi connectivity index (χ0n) is 23.9. The van der Waals surface area contributed by atoms with E-state index in [9.17, 15) is 19.5 Å². The highest BCUT2D eigenvalue weighted by Crippen LogP contribution is 2.65. The highest BCUT2D eigenvalue weighted by Gasteiger charge is 2.73. The Balaban J connectivity index is 1.43. The molecule has 5 atom stereocenters. The minimum Gasteiger partial charge on any atom is -0.396 e. The second-order valence-electron chi connectivity index (χ2n) is 11.9. The Hall–Kier alpha value is -3.10. The lowest BCUT2D eigenvalue weighted by Gasteiger charge is -2.37. The van der Waals surface area contributed by atoms with Crippen LogP contribution in [0.4, 0.5) is 5.69 Å². The van der Waals surface area contributed by atoms with Crippen LogP contribution in [0.1, 0.15) is 39.5 Å². The molecule has 4 aliphatic rings. The van der Waals surface area contributed by atoms with Crippen molar-refractivity contribution in [2.45, 2.75) is 55.1 Å². The van der Waals surface area contributed by atoms with E-state index in [4.69, 9.17) is 0 Å². The Labute approximate surface area is 246 Å². The predicted octanol–water partition coefficient (Wildman–Crippen LogP) is 4.40. The second-order valence-corrected chi connectivity index (χ2v) is 13.7. The molecule has 41 heavy (non-hydrogen) atoms. The number of rotatable bonds is 8. The van der Waals surface area contributed by atoms with Crippen molar-refractivity contribution in [3.8, 4) is 0 Å². The summed E-state index contributed by atoms with van der Waals surface area (Å²) >= 11 is 1.63. The van der Waals surface area contributed by atoms with Gasteiger partial charge >= 0.3 is 0 Å². The molecule has 8 heteroatoms. The quantitative estimate of drug-likeness (QED) is 0.374. The maximum atomic E-state index is 14.7. The molecule has 0 saturated carbocycles. The van der Waals surface area contributed by atoms with Gasteiger partial charge in [-0.1, -0.05) is 61.6 Å². The van der Waals surface area contributed by atoms with Gasteiger partial charge in [0.15, 0.2) is 0 Å². The number of carbonyl (C=O) groups is 3. The number of hydrogen-bond acceptors (Lipinski definition) is 5. The number of likely N-dealkylation sites (tertiary alicyclic amines) is 1. The van der Waals surface area contributed by atoms with Gasteiger partial charge in [0.05, 0.1) is 16.6 Å². The van der Waals surface area contributed by atoms with Gasteiger partial charge in [-0.25, -0.2) is 0 Å². The van der Waals surface area contributed by atoms with Gasteiger partial charge < -0.3 is 19.8 Å². The third-order valence-electron chi connectivity index (χ3n) is 9.24. The summed E-state index contributed by atoms with van der Waals surface area (Å²) < 4.78 is -1.44. The minimum atomic E-state index is -0.842. The zero-order valence-corrected chi connectivity index (χ0v) is 24.7. The van der Waals surface area contributed by atoms with Crippen LogP contribution in [0.5, 0.6) is 0 Å². The number of amides is 3. The molecule has 1 spiro atoms. The molecule has 4 heterocycles. The molecule has 2 aromatic carbocycles. The summed E-state index contributed by atoms with van der Waals surface area (Å²) in [4.78, 5) is 48.7. The highest BCUT2D eigenvalue weighted by atomic mass is 32.2. The molecular formula is C33H39N3O4S. The molecule has 0 aromatic heterocycles. The van der Waals surface area contributed by atoms with E-state index in [0.717, 1.165) is 29.3 Å². The maximum absolute atomic E-state index is 14.7. The van der Waals surface area contributed by atoms with Crippen LogP contribution < -0.4 is 4.90 Å². The first-order valence-electron chi connectivity index (χ1n) is 14.9. The normalized spacial score (nSPS) is 31.0. The van der Waals surface area contributed by atoms with Crippen molar-refractivity contribution in [1.82, 2.24) is 9.80 Å². The fraction of sp³-hybridized carbons (Fsp3) is 0.485. The number of anilines is 1.